The maximum absolute atomic E-state index is 13.0. The zero-order chi connectivity index (χ0) is 13.1. The molecule has 0 spiro atoms. The van der Waals surface area contributed by atoms with E-state index in [-0.39, 0.29) is 10.0 Å². The summed E-state index contributed by atoms with van der Waals surface area (Å²) < 4.78 is 14.9. The van der Waals surface area contributed by atoms with Crippen LogP contribution >= 0.6 is 23.2 Å². The molecule has 3 nitrogen and oxygen atoms in total. The number of rotatable bonds is 4. The van der Waals surface area contributed by atoms with Crippen LogP contribution in [0.3, 0.4) is 0 Å². The standard InChI is InChI=1S/C12H12Cl2FN3/c1-18-5-4-16-11(18)2-3-17-12-9(13)6-8(15)7-10(12)14/h4-7,17H,2-3H2,1H3. The molecule has 0 bridgehead atoms. The lowest BCUT2D eigenvalue weighted by molar-refractivity contribution is 0.628. The zero-order valence-electron chi connectivity index (χ0n) is 9.75. The SMILES string of the molecule is Cn1ccnc1CCNc1c(Cl)cc(F)cc1Cl. The third-order valence-corrected chi connectivity index (χ3v) is 3.17. The van der Waals surface area contributed by atoms with Crippen LogP contribution in [-0.4, -0.2) is 16.1 Å². The van der Waals surface area contributed by atoms with Crippen LogP contribution in [0.1, 0.15) is 5.82 Å². The molecular weight excluding hydrogens is 276 g/mol. The minimum Gasteiger partial charge on any atom is -0.382 e. The first kappa shape index (κ1) is 13.2. The summed E-state index contributed by atoms with van der Waals surface area (Å²) in [6.45, 7) is 0.621. The Morgan fingerprint density at radius 3 is 2.56 bits per heavy atom. The van der Waals surface area contributed by atoms with E-state index in [1.165, 1.54) is 12.1 Å². The van der Waals surface area contributed by atoms with Gasteiger partial charge in [0.2, 0.25) is 0 Å². The molecule has 0 amide bonds. The molecule has 1 heterocycles. The fourth-order valence-corrected chi connectivity index (χ4v) is 2.24. The van der Waals surface area contributed by atoms with Crippen LogP contribution < -0.4 is 5.32 Å². The van der Waals surface area contributed by atoms with E-state index in [9.17, 15) is 4.39 Å². The van der Waals surface area contributed by atoms with Gasteiger partial charge in [0.05, 0.1) is 15.7 Å². The quantitative estimate of drug-likeness (QED) is 0.932. The minimum absolute atomic E-state index is 0.278. The largest absolute Gasteiger partial charge is 0.382 e. The molecule has 6 heteroatoms. The Labute approximate surface area is 115 Å². The molecule has 2 aromatic rings. The van der Waals surface area contributed by atoms with E-state index in [1.54, 1.807) is 6.20 Å². The molecule has 0 saturated heterocycles. The summed E-state index contributed by atoms with van der Waals surface area (Å²) >= 11 is 11.8. The number of nitrogens with one attached hydrogen (secondary N) is 1. The van der Waals surface area contributed by atoms with Crippen molar-refractivity contribution in [2.24, 2.45) is 7.05 Å². The van der Waals surface area contributed by atoms with Gasteiger partial charge >= 0.3 is 0 Å². The number of benzene rings is 1. The summed E-state index contributed by atoms with van der Waals surface area (Å²) in [5.41, 5.74) is 0.550. The Kier molecular flexibility index (Phi) is 4.09. The summed E-state index contributed by atoms with van der Waals surface area (Å²) in [7, 11) is 1.93. The highest BCUT2D eigenvalue weighted by Crippen LogP contribution is 2.31. The van der Waals surface area contributed by atoms with Crippen LogP contribution in [0.2, 0.25) is 10.0 Å². The van der Waals surface area contributed by atoms with Gasteiger partial charge in [0, 0.05) is 32.4 Å². The van der Waals surface area contributed by atoms with Crippen LogP contribution in [-0.2, 0) is 13.5 Å². The van der Waals surface area contributed by atoms with Gasteiger partial charge in [-0.05, 0) is 12.1 Å². The van der Waals surface area contributed by atoms with E-state index in [0.717, 1.165) is 12.2 Å². The number of nitrogens with zero attached hydrogens (tertiary/aromatic N) is 2. The summed E-state index contributed by atoms with van der Waals surface area (Å²) in [6.07, 6.45) is 4.36. The van der Waals surface area contributed by atoms with Crippen LogP contribution in [0.5, 0.6) is 0 Å². The molecular formula is C12H12Cl2FN3. The van der Waals surface area contributed by atoms with Crippen molar-refractivity contribution in [1.82, 2.24) is 9.55 Å². The maximum atomic E-state index is 13.0. The summed E-state index contributed by atoms with van der Waals surface area (Å²) in [5, 5.41) is 3.65. The molecule has 1 aromatic heterocycles. The van der Waals surface area contributed by atoms with Crippen LogP contribution in [0, 0.1) is 5.82 Å². The molecule has 18 heavy (non-hydrogen) atoms. The number of aromatic nitrogens is 2. The van der Waals surface area contributed by atoms with Crippen molar-refractivity contribution in [3.8, 4) is 0 Å². The molecule has 1 N–H and O–H groups in total. The van der Waals surface area contributed by atoms with Crippen molar-refractivity contribution in [2.75, 3.05) is 11.9 Å². The van der Waals surface area contributed by atoms with Crippen molar-refractivity contribution in [2.45, 2.75) is 6.42 Å². The van der Waals surface area contributed by atoms with E-state index < -0.39 is 5.82 Å². The van der Waals surface area contributed by atoms with Crippen molar-refractivity contribution in [3.63, 3.8) is 0 Å². The molecule has 0 aliphatic carbocycles. The van der Waals surface area contributed by atoms with Crippen molar-refractivity contribution in [1.29, 1.82) is 0 Å². The van der Waals surface area contributed by atoms with Crippen molar-refractivity contribution < 1.29 is 4.39 Å². The first-order valence-electron chi connectivity index (χ1n) is 5.42. The molecule has 0 aliphatic rings. The molecule has 0 radical (unpaired) electrons. The number of hydrogen-bond acceptors (Lipinski definition) is 2. The van der Waals surface area contributed by atoms with Gasteiger partial charge in [-0.25, -0.2) is 9.37 Å². The first-order chi connectivity index (χ1) is 8.58. The summed E-state index contributed by atoms with van der Waals surface area (Å²) in [4.78, 5) is 4.20. The van der Waals surface area contributed by atoms with Gasteiger partial charge < -0.3 is 9.88 Å². The summed E-state index contributed by atoms with van der Waals surface area (Å²) in [5.74, 6) is 0.511. The van der Waals surface area contributed by atoms with Crippen LogP contribution in [0.15, 0.2) is 24.5 Å². The normalized spacial score (nSPS) is 10.7. The van der Waals surface area contributed by atoms with Gasteiger partial charge in [-0.1, -0.05) is 23.2 Å². The number of imidazole rings is 1. The maximum Gasteiger partial charge on any atom is 0.126 e. The Morgan fingerprint density at radius 1 is 1.33 bits per heavy atom. The Hall–Kier alpha value is -1.26. The molecule has 2 rings (SSSR count). The predicted octanol–water partition coefficient (Wildman–Crippen LogP) is 3.52. The Morgan fingerprint density at radius 2 is 2.00 bits per heavy atom. The Bertz CT molecular complexity index is 531. The highest BCUT2D eigenvalue weighted by atomic mass is 35.5. The lowest BCUT2D eigenvalue weighted by Crippen LogP contribution is -2.09. The average Bonchev–Trinajstić information content (AvgIpc) is 2.68. The second kappa shape index (κ2) is 5.59. The molecule has 0 atom stereocenters. The fraction of sp³-hybridized carbons (Fsp3) is 0.250. The first-order valence-corrected chi connectivity index (χ1v) is 6.18. The minimum atomic E-state index is -0.445. The monoisotopic (exact) mass is 287 g/mol. The Balaban J connectivity index is 2.01. The zero-order valence-corrected chi connectivity index (χ0v) is 11.3. The van der Waals surface area contributed by atoms with E-state index in [0.29, 0.717) is 12.2 Å². The van der Waals surface area contributed by atoms with Gasteiger partial charge in [0.15, 0.2) is 0 Å². The third kappa shape index (κ3) is 2.94. The number of aryl methyl sites for hydroxylation is 1. The second-order valence-corrected chi connectivity index (χ2v) is 4.69. The number of anilines is 1. The van der Waals surface area contributed by atoms with Crippen LogP contribution in [0.25, 0.3) is 0 Å². The van der Waals surface area contributed by atoms with Gasteiger partial charge in [0.1, 0.15) is 11.6 Å². The number of hydrogen-bond donors (Lipinski definition) is 1. The number of halogens is 3. The van der Waals surface area contributed by atoms with E-state index >= 15 is 0 Å². The highest BCUT2D eigenvalue weighted by Gasteiger charge is 2.08. The topological polar surface area (TPSA) is 29.9 Å². The molecule has 0 aliphatic heterocycles. The molecule has 1 aromatic carbocycles. The van der Waals surface area contributed by atoms with E-state index in [1.807, 2.05) is 17.8 Å². The third-order valence-electron chi connectivity index (χ3n) is 2.58. The van der Waals surface area contributed by atoms with Crippen molar-refractivity contribution >= 4 is 28.9 Å². The lowest BCUT2D eigenvalue weighted by Gasteiger charge is -2.10. The van der Waals surface area contributed by atoms with Gasteiger partial charge in [-0.2, -0.15) is 0 Å². The second-order valence-electron chi connectivity index (χ2n) is 3.88. The van der Waals surface area contributed by atoms with Gasteiger partial charge in [-0.15, -0.1) is 0 Å². The van der Waals surface area contributed by atoms with Gasteiger partial charge in [-0.3, -0.25) is 0 Å². The van der Waals surface area contributed by atoms with Gasteiger partial charge in [0.25, 0.3) is 0 Å². The van der Waals surface area contributed by atoms with E-state index in [2.05, 4.69) is 10.3 Å². The van der Waals surface area contributed by atoms with Crippen molar-refractivity contribution in [3.05, 3.63) is 46.2 Å². The smallest absolute Gasteiger partial charge is 0.126 e. The molecule has 0 unspecified atom stereocenters. The lowest BCUT2D eigenvalue weighted by atomic mass is 10.3. The molecule has 96 valence electrons. The molecule has 0 fully saturated rings. The highest BCUT2D eigenvalue weighted by molar-refractivity contribution is 6.39. The van der Waals surface area contributed by atoms with Crippen LogP contribution in [0.4, 0.5) is 10.1 Å². The fourth-order valence-electron chi connectivity index (χ4n) is 1.65. The predicted molar refractivity (Wildman–Crippen MR) is 71.8 cm³/mol. The summed E-state index contributed by atoms with van der Waals surface area (Å²) in [6, 6.07) is 2.47. The molecule has 0 saturated carbocycles. The average molecular weight is 288 g/mol. The van der Waals surface area contributed by atoms with E-state index in [4.69, 9.17) is 23.2 Å².